The molecule has 10 nitrogen and oxygen atoms in total. The van der Waals surface area contributed by atoms with Crippen LogP contribution in [0.1, 0.15) is 32.0 Å². The highest BCUT2D eigenvalue weighted by Crippen LogP contribution is 2.39. The van der Waals surface area contributed by atoms with Gasteiger partial charge in [-0.25, -0.2) is 14.6 Å². The molecule has 1 atom stereocenters. The van der Waals surface area contributed by atoms with Gasteiger partial charge in [-0.1, -0.05) is 0 Å². The second kappa shape index (κ2) is 8.97. The number of ether oxygens (including phenoxy) is 2. The number of anilines is 1. The minimum atomic E-state index is -0.876. The summed E-state index contributed by atoms with van der Waals surface area (Å²) in [6, 6.07) is -0.876. The third kappa shape index (κ3) is 4.52. The summed E-state index contributed by atoms with van der Waals surface area (Å²) < 4.78 is 11.3. The zero-order chi connectivity index (χ0) is 23.8. The Hall–Kier alpha value is -2.82. The lowest BCUT2D eigenvalue weighted by Gasteiger charge is -2.41. The Morgan fingerprint density at radius 3 is 2.50 bits per heavy atom. The van der Waals surface area contributed by atoms with Gasteiger partial charge in [0.05, 0.1) is 36.7 Å². The molecule has 1 aliphatic heterocycles. The largest absolute Gasteiger partial charge is 0.467 e. The van der Waals surface area contributed by atoms with Gasteiger partial charge in [0.2, 0.25) is 0 Å². The fraction of sp³-hybridized carbons (Fsp3) is 0.524. The fourth-order valence-electron chi connectivity index (χ4n) is 3.68. The topological polar surface area (TPSA) is 114 Å². The number of pyridine rings is 2. The SMILES string of the molecule is COC(=O)[C@H]1CN(C(=O)OC(C)(C)C)CCN1c1c(N=O)cnc2c(C)c(Br)c(C)nc12. The Morgan fingerprint density at radius 2 is 1.91 bits per heavy atom. The van der Waals surface area contributed by atoms with Gasteiger partial charge in [-0.3, -0.25) is 4.98 Å². The van der Waals surface area contributed by atoms with E-state index in [2.05, 4.69) is 31.1 Å². The van der Waals surface area contributed by atoms with Crippen LogP contribution in [0.4, 0.5) is 16.2 Å². The first-order valence-corrected chi connectivity index (χ1v) is 10.9. The fourth-order valence-corrected chi connectivity index (χ4v) is 3.96. The number of aryl methyl sites for hydroxylation is 2. The molecule has 0 unspecified atom stereocenters. The lowest BCUT2D eigenvalue weighted by atomic mass is 10.1. The standard InChI is InChI=1S/C21H26BrN5O5/c1-11-15(22)12(2)24-17-16(11)23-9-13(25-30)18(17)27-8-7-26(10-14(27)19(28)31-6)20(29)32-21(3,4)5/h9,14H,7-8,10H2,1-6H3/t14-/m1/s1. The Morgan fingerprint density at radius 1 is 1.22 bits per heavy atom. The van der Waals surface area contributed by atoms with Crippen LogP contribution >= 0.6 is 15.9 Å². The molecule has 2 aromatic heterocycles. The van der Waals surface area contributed by atoms with E-state index in [-0.39, 0.29) is 25.3 Å². The van der Waals surface area contributed by atoms with Crippen LogP contribution in [0.2, 0.25) is 0 Å². The number of hydrogen-bond acceptors (Lipinski definition) is 9. The molecule has 0 radical (unpaired) electrons. The number of hydrogen-bond donors (Lipinski definition) is 0. The maximum atomic E-state index is 12.7. The van der Waals surface area contributed by atoms with Crippen molar-refractivity contribution >= 4 is 50.4 Å². The first kappa shape index (κ1) is 23.8. The van der Waals surface area contributed by atoms with Crippen LogP contribution in [0.5, 0.6) is 0 Å². The third-order valence-corrected chi connectivity index (χ3v) is 6.35. The van der Waals surface area contributed by atoms with E-state index in [1.54, 1.807) is 25.7 Å². The van der Waals surface area contributed by atoms with Gasteiger partial charge in [-0.2, -0.15) is 0 Å². The maximum Gasteiger partial charge on any atom is 0.410 e. The average molecular weight is 508 g/mol. The van der Waals surface area contributed by atoms with Crippen molar-refractivity contribution in [2.45, 2.75) is 46.3 Å². The van der Waals surface area contributed by atoms with E-state index < -0.39 is 23.7 Å². The number of nitroso groups, excluding NO2 is 1. The Balaban J connectivity index is 2.11. The number of halogens is 1. The number of methoxy groups -OCH3 is 1. The molecule has 1 fully saturated rings. The predicted molar refractivity (Wildman–Crippen MR) is 123 cm³/mol. The molecule has 0 spiro atoms. The van der Waals surface area contributed by atoms with E-state index in [0.29, 0.717) is 22.4 Å². The molecule has 3 rings (SSSR count). The number of carbonyl (C=O) groups excluding carboxylic acids is 2. The molecule has 32 heavy (non-hydrogen) atoms. The number of nitrogens with zero attached hydrogens (tertiary/aromatic N) is 5. The molecule has 0 N–H and O–H groups in total. The molecule has 1 saturated heterocycles. The third-order valence-electron chi connectivity index (χ3n) is 5.18. The molecule has 0 saturated carbocycles. The average Bonchev–Trinajstić information content (AvgIpc) is 2.74. The lowest BCUT2D eigenvalue weighted by Crippen LogP contribution is -2.59. The minimum Gasteiger partial charge on any atom is -0.467 e. The van der Waals surface area contributed by atoms with Gasteiger partial charge in [-0.15, -0.1) is 4.91 Å². The first-order chi connectivity index (χ1) is 15.0. The van der Waals surface area contributed by atoms with E-state index >= 15 is 0 Å². The van der Waals surface area contributed by atoms with Crippen molar-refractivity contribution in [1.29, 1.82) is 0 Å². The van der Waals surface area contributed by atoms with Gasteiger partial charge in [0.1, 0.15) is 17.2 Å². The summed E-state index contributed by atoms with van der Waals surface area (Å²) in [5, 5.41) is 3.14. The molecule has 11 heteroatoms. The highest BCUT2D eigenvalue weighted by Gasteiger charge is 2.39. The molecule has 172 valence electrons. The molecular formula is C21H26BrN5O5. The van der Waals surface area contributed by atoms with Crippen LogP contribution in [-0.4, -0.2) is 65.3 Å². The van der Waals surface area contributed by atoms with Gasteiger partial charge in [0.25, 0.3) is 0 Å². The normalized spacial score (nSPS) is 16.8. The van der Waals surface area contributed by atoms with Gasteiger partial charge < -0.3 is 19.3 Å². The van der Waals surface area contributed by atoms with Crippen molar-refractivity contribution in [2.75, 3.05) is 31.6 Å². The lowest BCUT2D eigenvalue weighted by molar-refractivity contribution is -0.143. The molecule has 0 aromatic carbocycles. The Labute approximate surface area is 194 Å². The second-order valence-corrected chi connectivity index (χ2v) is 9.37. The maximum absolute atomic E-state index is 12.7. The zero-order valence-corrected chi connectivity index (χ0v) is 20.5. The van der Waals surface area contributed by atoms with Crippen molar-refractivity contribution < 1.29 is 19.1 Å². The van der Waals surface area contributed by atoms with E-state index in [1.807, 2.05) is 13.8 Å². The molecular weight excluding hydrogens is 482 g/mol. The van der Waals surface area contributed by atoms with Gasteiger partial charge in [-0.05, 0) is 61.3 Å². The number of carbonyl (C=O) groups is 2. The minimum absolute atomic E-state index is 0.0260. The summed E-state index contributed by atoms with van der Waals surface area (Å²) in [6.45, 7) is 9.60. The summed E-state index contributed by atoms with van der Waals surface area (Å²) in [5.74, 6) is -0.550. The van der Waals surface area contributed by atoms with Crippen LogP contribution in [-0.2, 0) is 14.3 Å². The predicted octanol–water partition coefficient (Wildman–Crippen LogP) is 4.01. The zero-order valence-electron chi connectivity index (χ0n) is 18.9. The smallest absolute Gasteiger partial charge is 0.410 e. The number of esters is 1. The van der Waals surface area contributed by atoms with Crippen molar-refractivity contribution in [2.24, 2.45) is 5.18 Å². The highest BCUT2D eigenvalue weighted by molar-refractivity contribution is 9.10. The monoisotopic (exact) mass is 507 g/mol. The van der Waals surface area contributed by atoms with Gasteiger partial charge in [0.15, 0.2) is 5.69 Å². The number of aromatic nitrogens is 2. The second-order valence-electron chi connectivity index (χ2n) is 8.58. The van der Waals surface area contributed by atoms with Crippen molar-refractivity contribution in [3.63, 3.8) is 0 Å². The summed E-state index contributed by atoms with van der Waals surface area (Å²) in [4.78, 5) is 49.2. The Kier molecular flexibility index (Phi) is 6.68. The molecule has 2 aromatic rings. The summed E-state index contributed by atoms with van der Waals surface area (Å²) in [5.41, 5.74) is 2.39. The molecule has 1 amide bonds. The molecule has 0 bridgehead atoms. The van der Waals surface area contributed by atoms with Crippen LogP contribution in [0, 0.1) is 18.8 Å². The summed E-state index contributed by atoms with van der Waals surface area (Å²) >= 11 is 3.52. The summed E-state index contributed by atoms with van der Waals surface area (Å²) in [6.07, 6.45) is 0.850. The molecule has 3 heterocycles. The van der Waals surface area contributed by atoms with E-state index in [0.717, 1.165) is 10.0 Å². The van der Waals surface area contributed by atoms with Crippen LogP contribution in [0.25, 0.3) is 11.0 Å². The molecule has 0 aliphatic carbocycles. The number of rotatable bonds is 3. The number of fused-ring (bicyclic) bond motifs is 1. The summed E-state index contributed by atoms with van der Waals surface area (Å²) in [7, 11) is 1.28. The van der Waals surface area contributed by atoms with E-state index in [9.17, 15) is 14.5 Å². The van der Waals surface area contributed by atoms with Crippen molar-refractivity contribution in [1.82, 2.24) is 14.9 Å². The highest BCUT2D eigenvalue weighted by atomic mass is 79.9. The number of amides is 1. The quantitative estimate of drug-likeness (QED) is 0.452. The molecule has 1 aliphatic rings. The number of piperazine rings is 1. The van der Waals surface area contributed by atoms with Gasteiger partial charge in [0, 0.05) is 17.6 Å². The van der Waals surface area contributed by atoms with Crippen molar-refractivity contribution in [3.05, 3.63) is 26.8 Å². The van der Waals surface area contributed by atoms with Crippen LogP contribution in [0.3, 0.4) is 0 Å². The van der Waals surface area contributed by atoms with E-state index in [1.165, 1.54) is 18.2 Å². The first-order valence-electron chi connectivity index (χ1n) is 10.1. The van der Waals surface area contributed by atoms with E-state index in [4.69, 9.17) is 9.47 Å². The van der Waals surface area contributed by atoms with Crippen LogP contribution < -0.4 is 4.90 Å². The Bertz CT molecular complexity index is 1080. The van der Waals surface area contributed by atoms with Gasteiger partial charge >= 0.3 is 12.1 Å². The van der Waals surface area contributed by atoms with Crippen LogP contribution in [0.15, 0.2) is 15.8 Å². The van der Waals surface area contributed by atoms with Crippen molar-refractivity contribution in [3.8, 4) is 0 Å².